The highest BCUT2D eigenvalue weighted by Crippen LogP contribution is 2.21. The van der Waals surface area contributed by atoms with E-state index in [-0.39, 0.29) is 11.4 Å². The van der Waals surface area contributed by atoms with Crippen molar-refractivity contribution in [1.29, 1.82) is 0 Å². The van der Waals surface area contributed by atoms with E-state index in [1.165, 1.54) is 0 Å². The number of nitrogens with one attached hydrogen (secondary N) is 1. The predicted octanol–water partition coefficient (Wildman–Crippen LogP) is 2.45. The van der Waals surface area contributed by atoms with E-state index in [0.717, 1.165) is 10.9 Å². The fourth-order valence-corrected chi connectivity index (χ4v) is 2.38. The van der Waals surface area contributed by atoms with E-state index in [4.69, 9.17) is 5.73 Å². The van der Waals surface area contributed by atoms with Gasteiger partial charge >= 0.3 is 0 Å². The molecule has 0 aliphatic carbocycles. The Kier molecular flexibility index (Phi) is 3.50. The summed E-state index contributed by atoms with van der Waals surface area (Å²) in [6.07, 6.45) is 3.49. The van der Waals surface area contributed by atoms with Crippen molar-refractivity contribution in [3.8, 4) is 0 Å². The molecule has 0 fully saturated rings. The summed E-state index contributed by atoms with van der Waals surface area (Å²) in [5, 5.41) is 4.33. The minimum Gasteiger partial charge on any atom is -0.383 e. The highest BCUT2D eigenvalue weighted by atomic mass is 16.1. The van der Waals surface area contributed by atoms with Crippen molar-refractivity contribution < 1.29 is 0 Å². The highest BCUT2D eigenvalue weighted by molar-refractivity contribution is 5.92. The Hall–Kier alpha value is -2.89. The molecule has 0 atom stereocenters. The number of hydrogen-bond donors (Lipinski definition) is 2. The molecule has 6 nitrogen and oxygen atoms in total. The molecule has 0 spiro atoms. The lowest BCUT2D eigenvalue weighted by Crippen LogP contribution is -2.19. The second kappa shape index (κ2) is 5.48. The van der Waals surface area contributed by atoms with Gasteiger partial charge in [0.25, 0.3) is 5.56 Å². The van der Waals surface area contributed by atoms with Crippen molar-refractivity contribution in [3.63, 3.8) is 0 Å². The van der Waals surface area contributed by atoms with Crippen molar-refractivity contribution in [1.82, 2.24) is 14.5 Å². The van der Waals surface area contributed by atoms with E-state index in [0.29, 0.717) is 23.6 Å². The highest BCUT2D eigenvalue weighted by Gasteiger charge is 2.09. The SMILES string of the molecule is CCn1ccc2cc(Nc3cc(C)ccn3)nc(N)c2c1=O. The van der Waals surface area contributed by atoms with Crippen LogP contribution in [0.5, 0.6) is 0 Å². The molecule has 3 heterocycles. The van der Waals surface area contributed by atoms with Crippen LogP contribution in [0.2, 0.25) is 0 Å². The largest absolute Gasteiger partial charge is 0.383 e. The maximum Gasteiger partial charge on any atom is 0.262 e. The Bertz CT molecular complexity index is 901. The van der Waals surface area contributed by atoms with Crippen LogP contribution in [0, 0.1) is 6.92 Å². The third-order valence-corrected chi connectivity index (χ3v) is 3.50. The van der Waals surface area contributed by atoms with Gasteiger partial charge in [-0.1, -0.05) is 0 Å². The maximum atomic E-state index is 12.3. The number of rotatable bonds is 3. The molecule has 0 aromatic carbocycles. The van der Waals surface area contributed by atoms with Crippen LogP contribution < -0.4 is 16.6 Å². The lowest BCUT2D eigenvalue weighted by molar-refractivity contribution is 0.735. The zero-order valence-corrected chi connectivity index (χ0v) is 12.5. The van der Waals surface area contributed by atoms with Gasteiger partial charge in [0.15, 0.2) is 0 Å². The first-order valence-electron chi connectivity index (χ1n) is 7.08. The van der Waals surface area contributed by atoms with Gasteiger partial charge in [0.2, 0.25) is 0 Å². The fourth-order valence-electron chi connectivity index (χ4n) is 2.38. The lowest BCUT2D eigenvalue weighted by atomic mass is 10.2. The van der Waals surface area contributed by atoms with E-state index in [1.54, 1.807) is 23.0 Å². The molecule has 112 valence electrons. The Morgan fingerprint density at radius 1 is 1.27 bits per heavy atom. The molecule has 0 bridgehead atoms. The first-order chi connectivity index (χ1) is 10.6. The van der Waals surface area contributed by atoms with Gasteiger partial charge < -0.3 is 15.6 Å². The minimum absolute atomic E-state index is 0.120. The number of aryl methyl sites for hydroxylation is 2. The molecule has 0 unspecified atom stereocenters. The first-order valence-corrected chi connectivity index (χ1v) is 7.08. The Morgan fingerprint density at radius 2 is 2.09 bits per heavy atom. The topological polar surface area (TPSA) is 85.8 Å². The summed E-state index contributed by atoms with van der Waals surface area (Å²) in [4.78, 5) is 20.8. The van der Waals surface area contributed by atoms with Gasteiger partial charge in [-0.2, -0.15) is 0 Å². The summed E-state index contributed by atoms with van der Waals surface area (Å²) in [5.74, 6) is 1.48. The third-order valence-electron chi connectivity index (χ3n) is 3.50. The van der Waals surface area contributed by atoms with Gasteiger partial charge in [-0.05, 0) is 49.1 Å². The van der Waals surface area contributed by atoms with Crippen LogP contribution in [0.15, 0.2) is 41.5 Å². The summed E-state index contributed by atoms with van der Waals surface area (Å²) < 4.78 is 1.61. The molecule has 3 aromatic rings. The number of nitrogens with zero attached hydrogens (tertiary/aromatic N) is 3. The van der Waals surface area contributed by atoms with Crippen molar-refractivity contribution in [2.45, 2.75) is 20.4 Å². The van der Waals surface area contributed by atoms with Crippen molar-refractivity contribution >= 4 is 28.2 Å². The number of fused-ring (bicyclic) bond motifs is 1. The normalized spacial score (nSPS) is 10.8. The summed E-state index contributed by atoms with van der Waals surface area (Å²) in [6.45, 7) is 4.50. The molecule has 22 heavy (non-hydrogen) atoms. The van der Waals surface area contributed by atoms with Gasteiger partial charge in [-0.15, -0.1) is 0 Å². The Morgan fingerprint density at radius 3 is 2.82 bits per heavy atom. The molecule has 0 saturated carbocycles. The third kappa shape index (κ3) is 2.50. The maximum absolute atomic E-state index is 12.3. The Labute approximate surface area is 127 Å². The summed E-state index contributed by atoms with van der Waals surface area (Å²) >= 11 is 0. The molecular formula is C16H17N5O. The number of nitrogens with two attached hydrogens (primary N) is 1. The van der Waals surface area contributed by atoms with E-state index in [9.17, 15) is 4.79 Å². The second-order valence-electron chi connectivity index (χ2n) is 5.11. The van der Waals surface area contributed by atoms with Crippen LogP contribution in [0.25, 0.3) is 10.8 Å². The minimum atomic E-state index is -0.120. The van der Waals surface area contributed by atoms with Crippen LogP contribution >= 0.6 is 0 Å². The van der Waals surface area contributed by atoms with Gasteiger partial charge in [0.1, 0.15) is 17.5 Å². The molecule has 6 heteroatoms. The number of nitrogen functional groups attached to an aromatic ring is 1. The first kappa shape index (κ1) is 14.1. The molecule has 0 radical (unpaired) electrons. The molecular weight excluding hydrogens is 278 g/mol. The summed E-state index contributed by atoms with van der Waals surface area (Å²) in [5.41, 5.74) is 6.95. The number of aromatic nitrogens is 3. The molecule has 3 rings (SSSR count). The molecule has 0 aliphatic heterocycles. The van der Waals surface area contributed by atoms with Gasteiger partial charge in [0, 0.05) is 18.9 Å². The molecule has 0 saturated heterocycles. The standard InChI is InChI=1S/C16H17N5O/c1-3-21-7-5-11-9-13(20-15(17)14(11)16(21)22)19-12-8-10(2)4-6-18-12/h4-9H,3H2,1-2H3,(H3,17,18,19,20). The fraction of sp³-hybridized carbons (Fsp3) is 0.188. The van der Waals surface area contributed by atoms with E-state index >= 15 is 0 Å². The van der Waals surface area contributed by atoms with E-state index in [1.807, 2.05) is 32.0 Å². The molecule has 3 aromatic heterocycles. The summed E-state index contributed by atoms with van der Waals surface area (Å²) in [6, 6.07) is 7.50. The van der Waals surface area contributed by atoms with Crippen LogP contribution in [-0.4, -0.2) is 14.5 Å². The van der Waals surface area contributed by atoms with Crippen molar-refractivity contribution in [2.24, 2.45) is 0 Å². The molecule has 0 amide bonds. The number of anilines is 3. The van der Waals surface area contributed by atoms with Crippen LogP contribution in [0.4, 0.5) is 17.5 Å². The average Bonchev–Trinajstić information content (AvgIpc) is 2.47. The number of pyridine rings is 3. The van der Waals surface area contributed by atoms with E-state index < -0.39 is 0 Å². The molecule has 3 N–H and O–H groups in total. The Balaban J connectivity index is 2.08. The number of hydrogen-bond acceptors (Lipinski definition) is 5. The van der Waals surface area contributed by atoms with E-state index in [2.05, 4.69) is 15.3 Å². The van der Waals surface area contributed by atoms with Crippen molar-refractivity contribution in [3.05, 3.63) is 52.6 Å². The van der Waals surface area contributed by atoms with Gasteiger partial charge in [-0.25, -0.2) is 9.97 Å². The smallest absolute Gasteiger partial charge is 0.262 e. The quantitative estimate of drug-likeness (QED) is 0.775. The van der Waals surface area contributed by atoms with Crippen LogP contribution in [0.1, 0.15) is 12.5 Å². The zero-order valence-electron chi connectivity index (χ0n) is 12.5. The monoisotopic (exact) mass is 295 g/mol. The predicted molar refractivity (Wildman–Crippen MR) is 88.3 cm³/mol. The van der Waals surface area contributed by atoms with Crippen molar-refractivity contribution in [2.75, 3.05) is 11.1 Å². The van der Waals surface area contributed by atoms with Gasteiger partial charge in [0.05, 0.1) is 5.39 Å². The van der Waals surface area contributed by atoms with Crippen LogP contribution in [-0.2, 0) is 6.54 Å². The molecule has 0 aliphatic rings. The lowest BCUT2D eigenvalue weighted by Gasteiger charge is -2.10. The summed E-state index contributed by atoms with van der Waals surface area (Å²) in [7, 11) is 0. The van der Waals surface area contributed by atoms with Gasteiger partial charge in [-0.3, -0.25) is 4.79 Å². The average molecular weight is 295 g/mol. The second-order valence-corrected chi connectivity index (χ2v) is 5.11. The zero-order chi connectivity index (χ0) is 15.7. The van der Waals surface area contributed by atoms with Crippen LogP contribution in [0.3, 0.4) is 0 Å².